The number of carbonyl (C=O) groups excluding carboxylic acids is 2. The van der Waals surface area contributed by atoms with Gasteiger partial charge in [0.15, 0.2) is 0 Å². The van der Waals surface area contributed by atoms with Gasteiger partial charge in [-0.25, -0.2) is 0 Å². The number of nitrogens with zero attached hydrogens (tertiary/aromatic N) is 2. The number of benzene rings is 1. The molecule has 2 N–H and O–H groups in total. The van der Waals surface area contributed by atoms with Gasteiger partial charge in [-0.05, 0) is 36.4 Å². The van der Waals surface area contributed by atoms with E-state index in [1.54, 1.807) is 41.3 Å². The summed E-state index contributed by atoms with van der Waals surface area (Å²) in [6.07, 6.45) is 1.08. The average Bonchev–Trinajstić information content (AvgIpc) is 2.62. The van der Waals surface area contributed by atoms with Crippen molar-refractivity contribution in [1.82, 2.24) is 9.88 Å². The molecule has 1 aliphatic heterocycles. The Morgan fingerprint density at radius 1 is 1.17 bits per heavy atom. The molecule has 1 aromatic heterocycles. The van der Waals surface area contributed by atoms with Crippen molar-refractivity contribution in [3.8, 4) is 0 Å². The van der Waals surface area contributed by atoms with Crippen LogP contribution >= 0.6 is 11.6 Å². The summed E-state index contributed by atoms with van der Waals surface area (Å²) in [5.74, 6) is -0.605. The number of amides is 2. The predicted molar refractivity (Wildman–Crippen MR) is 88.8 cm³/mol. The quantitative estimate of drug-likeness (QED) is 0.922. The summed E-state index contributed by atoms with van der Waals surface area (Å²) in [5.41, 5.74) is 6.78. The van der Waals surface area contributed by atoms with Gasteiger partial charge in [0.25, 0.3) is 5.91 Å². The normalized spacial score (nSPS) is 17.5. The minimum Gasteiger partial charge on any atom is -0.368 e. The van der Waals surface area contributed by atoms with Gasteiger partial charge in [-0.3, -0.25) is 14.6 Å². The topological polar surface area (TPSA) is 85.5 Å². The molecule has 7 heteroatoms. The Bertz CT molecular complexity index is 747. The summed E-state index contributed by atoms with van der Waals surface area (Å²) >= 11 is 5.85. The SMILES string of the molecule is NC(=O)c1ccc([C@H]2CN(C(=O)c3ccc(Cl)cc3)CCO2)nc1. The standard InChI is InChI=1S/C17H16ClN3O3/c18-13-4-1-11(2-5-13)17(23)21-7-8-24-15(10-21)14-6-3-12(9-20-14)16(19)22/h1-6,9,15H,7-8,10H2,(H2,19,22)/t15-/m1/s1. The second-order valence-corrected chi connectivity index (χ2v) is 5.89. The van der Waals surface area contributed by atoms with Gasteiger partial charge in [0.05, 0.1) is 24.4 Å². The van der Waals surface area contributed by atoms with Crippen LogP contribution < -0.4 is 5.73 Å². The first-order valence-corrected chi connectivity index (χ1v) is 7.84. The zero-order chi connectivity index (χ0) is 17.1. The summed E-state index contributed by atoms with van der Waals surface area (Å²) in [6.45, 7) is 1.32. The Kier molecular flexibility index (Phi) is 4.78. The van der Waals surface area contributed by atoms with Crippen molar-refractivity contribution in [3.63, 3.8) is 0 Å². The van der Waals surface area contributed by atoms with E-state index in [2.05, 4.69) is 4.98 Å². The number of hydrogen-bond acceptors (Lipinski definition) is 4. The van der Waals surface area contributed by atoms with E-state index in [-0.39, 0.29) is 12.0 Å². The van der Waals surface area contributed by atoms with Crippen LogP contribution in [0.15, 0.2) is 42.6 Å². The molecule has 2 heterocycles. The van der Waals surface area contributed by atoms with Crippen LogP contribution in [0.1, 0.15) is 32.5 Å². The number of pyridine rings is 1. The Labute approximate surface area is 144 Å². The lowest BCUT2D eigenvalue weighted by atomic mass is 10.1. The van der Waals surface area contributed by atoms with Gasteiger partial charge in [0.2, 0.25) is 5.91 Å². The van der Waals surface area contributed by atoms with Gasteiger partial charge in [0.1, 0.15) is 6.10 Å². The summed E-state index contributed by atoms with van der Waals surface area (Å²) < 4.78 is 5.71. The maximum Gasteiger partial charge on any atom is 0.254 e. The first-order chi connectivity index (χ1) is 11.5. The second kappa shape index (κ2) is 6.98. The number of rotatable bonds is 3. The maximum absolute atomic E-state index is 12.6. The molecule has 24 heavy (non-hydrogen) atoms. The highest BCUT2D eigenvalue weighted by atomic mass is 35.5. The molecule has 0 aliphatic carbocycles. The van der Waals surface area contributed by atoms with E-state index in [1.165, 1.54) is 6.20 Å². The number of aromatic nitrogens is 1. The summed E-state index contributed by atoms with van der Waals surface area (Å²) in [4.78, 5) is 29.6. The van der Waals surface area contributed by atoms with Crippen LogP contribution in [-0.4, -0.2) is 41.4 Å². The number of hydrogen-bond donors (Lipinski definition) is 1. The van der Waals surface area contributed by atoms with Gasteiger partial charge in [-0.2, -0.15) is 0 Å². The van der Waals surface area contributed by atoms with Crippen molar-refractivity contribution >= 4 is 23.4 Å². The molecule has 1 saturated heterocycles. The van der Waals surface area contributed by atoms with Gasteiger partial charge < -0.3 is 15.4 Å². The third kappa shape index (κ3) is 3.55. The van der Waals surface area contributed by atoms with Crippen LogP contribution in [0.5, 0.6) is 0 Å². The second-order valence-electron chi connectivity index (χ2n) is 5.45. The molecule has 1 aliphatic rings. The lowest BCUT2D eigenvalue weighted by Crippen LogP contribution is -2.42. The fourth-order valence-corrected chi connectivity index (χ4v) is 2.66. The Balaban J connectivity index is 1.72. The fourth-order valence-electron chi connectivity index (χ4n) is 2.53. The van der Waals surface area contributed by atoms with E-state index in [4.69, 9.17) is 22.1 Å². The molecule has 1 atom stereocenters. The molecule has 1 fully saturated rings. The maximum atomic E-state index is 12.6. The Hall–Kier alpha value is -2.44. The third-order valence-electron chi connectivity index (χ3n) is 3.85. The minimum atomic E-state index is -0.529. The number of primary amides is 1. The number of carbonyl (C=O) groups is 2. The molecule has 2 aromatic rings. The number of ether oxygens (including phenoxy) is 1. The molecular formula is C17H16ClN3O3. The summed E-state index contributed by atoms with van der Waals surface area (Å²) in [6, 6.07) is 10.1. The molecule has 1 aromatic carbocycles. The molecule has 0 unspecified atom stereocenters. The van der Waals surface area contributed by atoms with Gasteiger partial charge >= 0.3 is 0 Å². The summed E-state index contributed by atoms with van der Waals surface area (Å²) in [5, 5.41) is 0.588. The third-order valence-corrected chi connectivity index (χ3v) is 4.10. The van der Waals surface area contributed by atoms with Crippen LogP contribution in [-0.2, 0) is 4.74 Å². The zero-order valence-electron chi connectivity index (χ0n) is 12.8. The highest BCUT2D eigenvalue weighted by molar-refractivity contribution is 6.30. The van der Waals surface area contributed by atoms with E-state index in [0.717, 1.165) is 0 Å². The zero-order valence-corrected chi connectivity index (χ0v) is 13.6. The predicted octanol–water partition coefficient (Wildman–Crippen LogP) is 2.05. The van der Waals surface area contributed by atoms with E-state index in [1.807, 2.05) is 0 Å². The van der Waals surface area contributed by atoms with Crippen molar-refractivity contribution in [2.75, 3.05) is 19.7 Å². The number of morpholine rings is 1. The molecule has 6 nitrogen and oxygen atoms in total. The van der Waals surface area contributed by atoms with E-state index < -0.39 is 5.91 Å². The average molecular weight is 346 g/mol. The molecule has 0 saturated carbocycles. The van der Waals surface area contributed by atoms with Crippen LogP contribution in [0.25, 0.3) is 0 Å². The van der Waals surface area contributed by atoms with Crippen molar-refractivity contribution in [1.29, 1.82) is 0 Å². The van der Waals surface area contributed by atoms with Crippen LogP contribution in [0.3, 0.4) is 0 Å². The largest absolute Gasteiger partial charge is 0.368 e. The van der Waals surface area contributed by atoms with Crippen molar-refractivity contribution in [2.24, 2.45) is 5.73 Å². The highest BCUT2D eigenvalue weighted by Gasteiger charge is 2.27. The molecular weight excluding hydrogens is 330 g/mol. The Morgan fingerprint density at radius 2 is 1.88 bits per heavy atom. The molecule has 124 valence electrons. The Morgan fingerprint density at radius 3 is 2.50 bits per heavy atom. The van der Waals surface area contributed by atoms with Gasteiger partial charge in [0, 0.05) is 23.3 Å². The smallest absolute Gasteiger partial charge is 0.254 e. The van der Waals surface area contributed by atoms with E-state index >= 15 is 0 Å². The lowest BCUT2D eigenvalue weighted by Gasteiger charge is -2.32. The van der Waals surface area contributed by atoms with Crippen molar-refractivity contribution < 1.29 is 14.3 Å². The fraction of sp³-hybridized carbons (Fsp3) is 0.235. The highest BCUT2D eigenvalue weighted by Crippen LogP contribution is 2.22. The first-order valence-electron chi connectivity index (χ1n) is 7.47. The molecule has 0 spiro atoms. The van der Waals surface area contributed by atoms with Crippen LogP contribution in [0, 0.1) is 0 Å². The summed E-state index contributed by atoms with van der Waals surface area (Å²) in [7, 11) is 0. The van der Waals surface area contributed by atoms with Crippen LogP contribution in [0.4, 0.5) is 0 Å². The van der Waals surface area contributed by atoms with E-state index in [9.17, 15) is 9.59 Å². The van der Waals surface area contributed by atoms with Crippen LogP contribution in [0.2, 0.25) is 5.02 Å². The monoisotopic (exact) mass is 345 g/mol. The molecule has 0 radical (unpaired) electrons. The number of halogens is 1. The van der Waals surface area contributed by atoms with Gasteiger partial charge in [-0.15, -0.1) is 0 Å². The first kappa shape index (κ1) is 16.4. The minimum absolute atomic E-state index is 0.0753. The van der Waals surface area contributed by atoms with Crippen molar-refractivity contribution in [2.45, 2.75) is 6.10 Å². The number of nitrogens with two attached hydrogens (primary N) is 1. The van der Waals surface area contributed by atoms with E-state index in [0.29, 0.717) is 41.5 Å². The molecule has 3 rings (SSSR count). The van der Waals surface area contributed by atoms with Crippen molar-refractivity contribution in [3.05, 3.63) is 64.4 Å². The molecule has 2 amide bonds. The molecule has 0 bridgehead atoms. The van der Waals surface area contributed by atoms with Gasteiger partial charge in [-0.1, -0.05) is 11.6 Å². The lowest BCUT2D eigenvalue weighted by molar-refractivity contribution is -0.0247.